The molecular weight excluding hydrogens is 965 g/mol. The first kappa shape index (κ1) is 49.6. The number of carbonyl (C=O) groups excluding carboxylic acids is 5. The summed E-state index contributed by atoms with van der Waals surface area (Å²) in [6.07, 6.45) is 16.2. The Balaban J connectivity index is 0.689. The molecule has 0 radical (unpaired) electrons. The summed E-state index contributed by atoms with van der Waals surface area (Å²) in [6, 6.07) is 10.0. The van der Waals surface area contributed by atoms with Crippen molar-refractivity contribution in [3.63, 3.8) is 0 Å². The fraction of sp³-hybridized carbons (Fsp3) is 0.429. The van der Waals surface area contributed by atoms with Crippen molar-refractivity contribution in [3.05, 3.63) is 94.7 Å². The third kappa shape index (κ3) is 9.50. The van der Waals surface area contributed by atoms with Gasteiger partial charge in [0.2, 0.25) is 11.8 Å². The van der Waals surface area contributed by atoms with Gasteiger partial charge < -0.3 is 30.1 Å². The van der Waals surface area contributed by atoms with E-state index in [1.54, 1.807) is 12.1 Å². The van der Waals surface area contributed by atoms with Crippen LogP contribution in [-0.4, -0.2) is 129 Å². The number of phenols is 1. The first-order valence-corrected chi connectivity index (χ1v) is 25.9. The molecule has 0 saturated carbocycles. The highest BCUT2D eigenvalue weighted by molar-refractivity contribution is 6.23. The maximum absolute atomic E-state index is 17.2. The smallest absolute Gasteiger partial charge is 0.407 e. The molecule has 6 aliphatic heterocycles. The Labute approximate surface area is 431 Å². The van der Waals surface area contributed by atoms with Crippen LogP contribution in [0.2, 0.25) is 0 Å². The molecule has 5 aromatic rings. The molecule has 4 unspecified atom stereocenters. The van der Waals surface area contributed by atoms with Crippen LogP contribution >= 0.6 is 0 Å². The second-order valence-corrected chi connectivity index (χ2v) is 20.8. The minimum atomic E-state index is -0.998. The number of ether oxygens (including phenoxy) is 2. The zero-order chi connectivity index (χ0) is 52.1. The number of imide groups is 2. The lowest BCUT2D eigenvalue weighted by molar-refractivity contribution is -0.136. The molecule has 5 fully saturated rings. The Morgan fingerprint density at radius 3 is 2.53 bits per heavy atom. The summed E-state index contributed by atoms with van der Waals surface area (Å²) in [5.74, 6) is -0.824. The van der Waals surface area contributed by atoms with Gasteiger partial charge in [-0.05, 0) is 99.1 Å². The SMILES string of the molecule is C#Cc1c(F)ccc2cc(O)cc(-c3ncc4c(N5CC6CCC(C5)N6)nc(OCC56CC[C@@H](COC(=O)NCCCCCCCc7ccc8c(c7)C(=O)N(C7CCC(=O)NC7=O)C8=O)N5CC(=C)C6)nc4c3F)c12. The standard InChI is InChI=1S/C56H57F2N9O8/c1-3-38-43(57)15-11-33-22-37(68)23-41(46(33)38)48-47(58)49-42(25-60-48)50(65-27-34-12-13-35(28-65)61-34)64-54(63-49)75-30-56-19-18-36(66(56)26-31(2)24-56)29-74-55(73)59-20-8-6-4-5-7-9-32-10-14-39-40(21-32)53(72)67(52(39)71)44-16-17-45(69)62-51(44)70/h1,10-11,14-15,21-23,25,34-36,44,61,68H,2,4-9,12-13,16-20,24,26-30H2,(H,59,73)(H,62,69,70)/t34?,35?,36-,44?,56?/m0/s1. The molecule has 75 heavy (non-hydrogen) atoms. The summed E-state index contributed by atoms with van der Waals surface area (Å²) < 4.78 is 44.6. The van der Waals surface area contributed by atoms with Crippen molar-refractivity contribution in [2.45, 2.75) is 113 Å². The van der Waals surface area contributed by atoms with Crippen molar-refractivity contribution in [2.24, 2.45) is 0 Å². The number of aryl methyl sites for hydroxylation is 1. The van der Waals surface area contributed by atoms with Crippen molar-refractivity contribution in [3.8, 4) is 35.4 Å². The number of hydrogen-bond donors (Lipinski definition) is 4. The lowest BCUT2D eigenvalue weighted by Crippen LogP contribution is -2.54. The van der Waals surface area contributed by atoms with Gasteiger partial charge in [-0.2, -0.15) is 9.97 Å². The van der Waals surface area contributed by atoms with Gasteiger partial charge in [-0.15, -0.1) is 6.42 Å². The van der Waals surface area contributed by atoms with Gasteiger partial charge in [-0.25, -0.2) is 13.6 Å². The van der Waals surface area contributed by atoms with Crippen molar-refractivity contribution in [2.75, 3.05) is 44.3 Å². The molecule has 2 aromatic heterocycles. The molecule has 19 heteroatoms. The second kappa shape index (κ2) is 20.3. The third-order valence-electron chi connectivity index (χ3n) is 15.9. The number of terminal acetylenes is 1. The summed E-state index contributed by atoms with van der Waals surface area (Å²) in [5.41, 5.74) is 1.85. The van der Waals surface area contributed by atoms with Gasteiger partial charge in [0.25, 0.3) is 11.8 Å². The molecule has 11 rings (SSSR count). The van der Waals surface area contributed by atoms with E-state index in [9.17, 15) is 29.1 Å². The molecule has 8 heterocycles. The average Bonchev–Trinajstić information content (AvgIpc) is 4.11. The maximum Gasteiger partial charge on any atom is 0.407 e. The van der Waals surface area contributed by atoms with Crippen LogP contribution in [0.25, 0.3) is 32.9 Å². The van der Waals surface area contributed by atoms with Gasteiger partial charge in [-0.3, -0.25) is 39.3 Å². The summed E-state index contributed by atoms with van der Waals surface area (Å²) in [4.78, 5) is 82.7. The molecule has 3 aromatic carbocycles. The number of hydrogen-bond acceptors (Lipinski definition) is 14. The largest absolute Gasteiger partial charge is 0.508 e. The monoisotopic (exact) mass is 1020 g/mol. The number of nitrogens with zero attached hydrogens (tertiary/aromatic N) is 6. The highest BCUT2D eigenvalue weighted by Crippen LogP contribution is 2.45. The van der Waals surface area contributed by atoms with Crippen molar-refractivity contribution >= 4 is 57.2 Å². The van der Waals surface area contributed by atoms with Gasteiger partial charge in [0, 0.05) is 67.9 Å². The number of aromatic hydroxyl groups is 1. The highest BCUT2D eigenvalue weighted by atomic mass is 19.1. The number of unbranched alkanes of at least 4 members (excludes halogenated alkanes) is 4. The number of anilines is 1. The fourth-order valence-corrected chi connectivity index (χ4v) is 12.3. The first-order chi connectivity index (χ1) is 36.3. The number of rotatable bonds is 16. The molecular formula is C56H57F2N9O8. The van der Waals surface area contributed by atoms with E-state index < -0.39 is 52.9 Å². The lowest BCUT2D eigenvalue weighted by Gasteiger charge is -2.35. The molecule has 2 bridgehead atoms. The molecule has 5 atom stereocenters. The number of piperazine rings is 1. The van der Waals surface area contributed by atoms with E-state index in [1.807, 2.05) is 6.07 Å². The van der Waals surface area contributed by atoms with Crippen molar-refractivity contribution in [1.29, 1.82) is 0 Å². The maximum atomic E-state index is 17.2. The normalized spacial score (nSPS) is 23.2. The quantitative estimate of drug-likeness (QED) is 0.0355. The van der Waals surface area contributed by atoms with E-state index in [0.29, 0.717) is 55.6 Å². The number of nitrogens with one attached hydrogen (secondary N) is 3. The second-order valence-electron chi connectivity index (χ2n) is 20.8. The molecule has 4 N–H and O–H groups in total. The van der Waals surface area contributed by atoms with Crippen LogP contribution in [0.1, 0.15) is 109 Å². The summed E-state index contributed by atoms with van der Waals surface area (Å²) in [7, 11) is 0. The number of piperidine rings is 1. The molecule has 6 aliphatic rings. The average molecular weight is 1020 g/mol. The van der Waals surface area contributed by atoms with E-state index in [2.05, 4.69) is 48.2 Å². The van der Waals surface area contributed by atoms with Crippen molar-refractivity contribution < 1.29 is 47.3 Å². The lowest BCUT2D eigenvalue weighted by atomic mass is 9.94. The molecule has 5 saturated heterocycles. The van der Waals surface area contributed by atoms with E-state index >= 15 is 8.78 Å². The van der Waals surface area contributed by atoms with Gasteiger partial charge in [0.1, 0.15) is 47.9 Å². The molecule has 388 valence electrons. The Morgan fingerprint density at radius 2 is 1.73 bits per heavy atom. The molecule has 5 amide bonds. The highest BCUT2D eigenvalue weighted by Gasteiger charge is 2.52. The first-order valence-electron chi connectivity index (χ1n) is 25.9. The molecule has 0 spiro atoms. The Morgan fingerprint density at radius 1 is 0.947 bits per heavy atom. The third-order valence-corrected chi connectivity index (χ3v) is 15.9. The molecule has 17 nitrogen and oxygen atoms in total. The zero-order valence-electron chi connectivity index (χ0n) is 41.4. The number of fused-ring (bicyclic) bond motifs is 6. The zero-order valence-corrected chi connectivity index (χ0v) is 41.4. The number of phenolic OH excluding ortho intramolecular Hbond substituents is 1. The van der Waals surface area contributed by atoms with Crippen LogP contribution in [0, 0.1) is 24.0 Å². The number of benzene rings is 3. The minimum Gasteiger partial charge on any atom is -0.508 e. The number of carbonyl (C=O) groups is 5. The summed E-state index contributed by atoms with van der Waals surface area (Å²) in [6.45, 7) is 7.02. The number of alkyl carbamates (subject to hydrolysis) is 1. The fourth-order valence-electron chi connectivity index (χ4n) is 12.3. The Kier molecular flexibility index (Phi) is 13.4. The van der Waals surface area contributed by atoms with Gasteiger partial charge in [-0.1, -0.05) is 49.5 Å². The number of pyridine rings is 1. The minimum absolute atomic E-state index is 0.0152. The van der Waals surface area contributed by atoms with E-state index in [0.717, 1.165) is 73.8 Å². The summed E-state index contributed by atoms with van der Waals surface area (Å²) >= 11 is 0. The predicted octanol–water partition coefficient (Wildman–Crippen LogP) is 6.61. The van der Waals surface area contributed by atoms with Gasteiger partial charge in [0.15, 0.2) is 5.82 Å². The number of aromatic nitrogens is 3. The number of amides is 5. The summed E-state index contributed by atoms with van der Waals surface area (Å²) in [5, 5.41) is 20.5. The van der Waals surface area contributed by atoms with Crippen LogP contribution in [0.4, 0.5) is 19.4 Å². The topological polar surface area (TPSA) is 209 Å². The van der Waals surface area contributed by atoms with Gasteiger partial charge >= 0.3 is 12.1 Å². The van der Waals surface area contributed by atoms with Crippen molar-refractivity contribution in [1.82, 2.24) is 40.7 Å². The Hall–Kier alpha value is -7.56. The van der Waals surface area contributed by atoms with E-state index in [-0.39, 0.29) is 94.8 Å². The van der Waals surface area contributed by atoms with Crippen LogP contribution in [0.5, 0.6) is 11.8 Å². The van der Waals surface area contributed by atoms with E-state index in [4.69, 9.17) is 20.9 Å². The number of halogens is 2. The van der Waals surface area contributed by atoms with Crippen LogP contribution < -0.4 is 25.6 Å². The predicted molar refractivity (Wildman–Crippen MR) is 273 cm³/mol. The van der Waals surface area contributed by atoms with E-state index in [1.165, 1.54) is 30.5 Å². The molecule has 0 aliphatic carbocycles. The van der Waals surface area contributed by atoms with Gasteiger partial charge in [0.05, 0.1) is 27.6 Å². The van der Waals surface area contributed by atoms with Crippen LogP contribution in [0.15, 0.2) is 60.8 Å². The van der Waals surface area contributed by atoms with Crippen LogP contribution in [-0.2, 0) is 20.7 Å². The Bertz CT molecular complexity index is 3240. The van der Waals surface area contributed by atoms with Crippen LogP contribution in [0.3, 0.4) is 0 Å².